The summed E-state index contributed by atoms with van der Waals surface area (Å²) in [6.07, 6.45) is 1.62. The summed E-state index contributed by atoms with van der Waals surface area (Å²) in [5.74, 6) is 1.46. The van der Waals surface area contributed by atoms with Gasteiger partial charge < -0.3 is 13.8 Å². The second-order valence-corrected chi connectivity index (χ2v) is 6.53. The fourth-order valence-corrected chi connectivity index (χ4v) is 3.22. The van der Waals surface area contributed by atoms with Gasteiger partial charge in [-0.1, -0.05) is 5.16 Å². The average molecular weight is 351 g/mol. The SMILES string of the molecule is CC(=O)c1ccc(N2CCN(Cc3cc(-c4ccco4)on3)CC2)cc1. The largest absolute Gasteiger partial charge is 0.461 e. The van der Waals surface area contributed by atoms with E-state index in [9.17, 15) is 4.79 Å². The zero-order chi connectivity index (χ0) is 17.9. The summed E-state index contributed by atoms with van der Waals surface area (Å²) in [6.45, 7) is 6.16. The smallest absolute Gasteiger partial charge is 0.202 e. The highest BCUT2D eigenvalue weighted by Gasteiger charge is 2.19. The predicted octanol–water partition coefficient (Wildman–Crippen LogP) is 3.46. The Bertz CT molecular complexity index is 860. The van der Waals surface area contributed by atoms with Crippen LogP contribution in [0.1, 0.15) is 23.0 Å². The summed E-state index contributed by atoms with van der Waals surface area (Å²) in [5.41, 5.74) is 2.83. The molecule has 3 heterocycles. The van der Waals surface area contributed by atoms with E-state index in [0.29, 0.717) is 11.5 Å². The highest BCUT2D eigenvalue weighted by atomic mass is 16.5. The molecule has 1 aliphatic heterocycles. The first-order valence-corrected chi connectivity index (χ1v) is 8.77. The minimum atomic E-state index is 0.0999. The monoisotopic (exact) mass is 351 g/mol. The number of Topliss-reactive ketones (excluding diaryl/α,β-unsaturated/α-hetero) is 1. The second-order valence-electron chi connectivity index (χ2n) is 6.53. The Hall–Kier alpha value is -2.86. The molecule has 0 spiro atoms. The van der Waals surface area contributed by atoms with Crippen LogP contribution in [-0.2, 0) is 6.54 Å². The number of ketones is 1. The maximum atomic E-state index is 11.4. The number of carbonyl (C=O) groups is 1. The van der Waals surface area contributed by atoms with Gasteiger partial charge in [-0.15, -0.1) is 0 Å². The quantitative estimate of drug-likeness (QED) is 0.656. The number of nitrogens with zero attached hydrogens (tertiary/aromatic N) is 3. The number of furan rings is 1. The minimum absolute atomic E-state index is 0.0999. The molecule has 1 fully saturated rings. The zero-order valence-electron chi connectivity index (χ0n) is 14.7. The van der Waals surface area contributed by atoms with Gasteiger partial charge in [-0.05, 0) is 43.3 Å². The number of benzene rings is 1. The van der Waals surface area contributed by atoms with Crippen molar-refractivity contribution in [3.63, 3.8) is 0 Å². The van der Waals surface area contributed by atoms with Crippen molar-refractivity contribution in [1.82, 2.24) is 10.1 Å². The number of aromatic nitrogens is 1. The molecule has 0 aliphatic carbocycles. The Kier molecular flexibility index (Phi) is 4.58. The van der Waals surface area contributed by atoms with Crippen LogP contribution < -0.4 is 4.90 Å². The number of carbonyl (C=O) groups excluding carboxylic acids is 1. The molecular formula is C20H21N3O3. The third kappa shape index (κ3) is 3.55. The van der Waals surface area contributed by atoms with Gasteiger partial charge in [0.25, 0.3) is 0 Å². The summed E-state index contributed by atoms with van der Waals surface area (Å²) >= 11 is 0. The lowest BCUT2D eigenvalue weighted by atomic mass is 10.1. The lowest BCUT2D eigenvalue weighted by molar-refractivity contribution is 0.101. The van der Waals surface area contributed by atoms with Crippen molar-refractivity contribution in [2.45, 2.75) is 13.5 Å². The highest BCUT2D eigenvalue weighted by Crippen LogP contribution is 2.22. The summed E-state index contributed by atoms with van der Waals surface area (Å²) in [6, 6.07) is 13.5. The normalized spacial score (nSPS) is 15.3. The second kappa shape index (κ2) is 7.17. The zero-order valence-corrected chi connectivity index (χ0v) is 14.7. The van der Waals surface area contributed by atoms with Crippen LogP contribution in [0.25, 0.3) is 11.5 Å². The van der Waals surface area contributed by atoms with Gasteiger partial charge in [0, 0.05) is 50.0 Å². The Morgan fingerprint density at radius 3 is 2.50 bits per heavy atom. The van der Waals surface area contributed by atoms with Gasteiger partial charge in [0.15, 0.2) is 11.5 Å². The number of piperazine rings is 1. The van der Waals surface area contributed by atoms with E-state index >= 15 is 0 Å². The molecule has 4 rings (SSSR count). The van der Waals surface area contributed by atoms with Gasteiger partial charge in [-0.25, -0.2) is 0 Å². The van der Waals surface area contributed by atoms with Crippen molar-refractivity contribution in [3.05, 3.63) is 60.0 Å². The Labute approximate surface area is 152 Å². The van der Waals surface area contributed by atoms with Gasteiger partial charge in [0.2, 0.25) is 5.76 Å². The lowest BCUT2D eigenvalue weighted by Gasteiger charge is -2.35. The number of rotatable bonds is 5. The van der Waals surface area contributed by atoms with Crippen molar-refractivity contribution in [3.8, 4) is 11.5 Å². The highest BCUT2D eigenvalue weighted by molar-refractivity contribution is 5.94. The third-order valence-corrected chi connectivity index (χ3v) is 4.72. The maximum Gasteiger partial charge on any atom is 0.202 e. The van der Waals surface area contributed by atoms with Gasteiger partial charge in [0.1, 0.15) is 0 Å². The van der Waals surface area contributed by atoms with Gasteiger partial charge in [0.05, 0.1) is 12.0 Å². The summed E-state index contributed by atoms with van der Waals surface area (Å²) in [5, 5.41) is 4.15. The summed E-state index contributed by atoms with van der Waals surface area (Å²) in [7, 11) is 0. The van der Waals surface area contributed by atoms with Crippen LogP contribution in [0, 0.1) is 0 Å². The molecule has 1 aliphatic rings. The minimum Gasteiger partial charge on any atom is -0.461 e. The van der Waals surface area contributed by atoms with Crippen LogP contribution in [0.4, 0.5) is 5.69 Å². The molecule has 26 heavy (non-hydrogen) atoms. The van der Waals surface area contributed by atoms with E-state index in [1.807, 2.05) is 42.5 Å². The van der Waals surface area contributed by atoms with Crippen LogP contribution in [0.15, 0.2) is 57.7 Å². The van der Waals surface area contributed by atoms with Crippen LogP contribution >= 0.6 is 0 Å². The summed E-state index contributed by atoms with van der Waals surface area (Å²) in [4.78, 5) is 16.1. The fraction of sp³-hybridized carbons (Fsp3) is 0.300. The molecule has 0 unspecified atom stereocenters. The molecule has 2 aromatic heterocycles. The molecule has 3 aromatic rings. The molecular weight excluding hydrogens is 330 g/mol. The number of hydrogen-bond acceptors (Lipinski definition) is 6. The van der Waals surface area contributed by atoms with E-state index in [0.717, 1.165) is 49.7 Å². The molecule has 0 bridgehead atoms. The van der Waals surface area contributed by atoms with E-state index in [4.69, 9.17) is 8.94 Å². The van der Waals surface area contributed by atoms with Crippen LogP contribution in [-0.4, -0.2) is 42.0 Å². The topological polar surface area (TPSA) is 62.7 Å². The fourth-order valence-electron chi connectivity index (χ4n) is 3.22. The van der Waals surface area contributed by atoms with Crippen LogP contribution in [0.5, 0.6) is 0 Å². The van der Waals surface area contributed by atoms with Gasteiger partial charge in [-0.2, -0.15) is 0 Å². The first-order valence-electron chi connectivity index (χ1n) is 8.77. The first-order chi connectivity index (χ1) is 12.7. The molecule has 6 nitrogen and oxygen atoms in total. The average Bonchev–Trinajstić information content (AvgIpc) is 3.34. The Morgan fingerprint density at radius 1 is 1.08 bits per heavy atom. The van der Waals surface area contributed by atoms with Crippen molar-refractivity contribution in [2.75, 3.05) is 31.1 Å². The van der Waals surface area contributed by atoms with Crippen LogP contribution in [0.2, 0.25) is 0 Å². The molecule has 1 saturated heterocycles. The Balaban J connectivity index is 1.33. The molecule has 0 atom stereocenters. The molecule has 6 heteroatoms. The van der Waals surface area contributed by atoms with Gasteiger partial charge >= 0.3 is 0 Å². The van der Waals surface area contributed by atoms with Crippen molar-refractivity contribution in [1.29, 1.82) is 0 Å². The number of hydrogen-bond donors (Lipinski definition) is 0. The van der Waals surface area contributed by atoms with E-state index in [-0.39, 0.29) is 5.78 Å². The lowest BCUT2D eigenvalue weighted by Crippen LogP contribution is -2.46. The molecule has 1 aromatic carbocycles. The molecule has 0 saturated carbocycles. The molecule has 134 valence electrons. The third-order valence-electron chi connectivity index (χ3n) is 4.72. The van der Waals surface area contributed by atoms with Crippen LogP contribution in [0.3, 0.4) is 0 Å². The van der Waals surface area contributed by atoms with Crippen molar-refractivity contribution >= 4 is 11.5 Å². The molecule has 0 N–H and O–H groups in total. The standard InChI is InChI=1S/C20H21N3O3/c1-15(24)16-4-6-18(7-5-16)23-10-8-22(9-11-23)14-17-13-20(26-21-17)19-3-2-12-25-19/h2-7,12-13H,8-11,14H2,1H3. The van der Waals surface area contributed by atoms with E-state index in [2.05, 4.69) is 15.0 Å². The van der Waals surface area contributed by atoms with E-state index in [1.54, 1.807) is 13.2 Å². The predicted molar refractivity (Wildman–Crippen MR) is 98.1 cm³/mol. The Morgan fingerprint density at radius 2 is 1.85 bits per heavy atom. The van der Waals surface area contributed by atoms with Crippen molar-refractivity contribution in [2.24, 2.45) is 0 Å². The van der Waals surface area contributed by atoms with Gasteiger partial charge in [-0.3, -0.25) is 9.69 Å². The molecule has 0 radical (unpaired) electrons. The molecule has 0 amide bonds. The van der Waals surface area contributed by atoms with E-state index in [1.165, 1.54) is 0 Å². The first kappa shape index (κ1) is 16.6. The maximum absolute atomic E-state index is 11.4. The van der Waals surface area contributed by atoms with E-state index < -0.39 is 0 Å². The van der Waals surface area contributed by atoms with Crippen molar-refractivity contribution < 1.29 is 13.7 Å². The summed E-state index contributed by atoms with van der Waals surface area (Å²) < 4.78 is 10.7. The number of anilines is 1.